The number of aromatic nitrogens is 4. The first-order valence-electron chi connectivity index (χ1n) is 7.84. The maximum absolute atomic E-state index is 12.1. The topological polar surface area (TPSA) is 109 Å². The molecule has 9 heteroatoms. The van der Waals surface area contributed by atoms with Crippen LogP contribution in [-0.4, -0.2) is 30.3 Å². The van der Waals surface area contributed by atoms with E-state index < -0.39 is 4.92 Å². The van der Waals surface area contributed by atoms with Crippen molar-refractivity contribution in [2.24, 2.45) is 7.05 Å². The Labute approximate surface area is 148 Å². The Kier molecular flexibility index (Phi) is 4.53. The minimum atomic E-state index is -0.436. The first-order chi connectivity index (χ1) is 12.4. The minimum absolute atomic E-state index is 0.0125. The van der Waals surface area contributed by atoms with Gasteiger partial charge >= 0.3 is 5.69 Å². The summed E-state index contributed by atoms with van der Waals surface area (Å²) in [7, 11) is 1.69. The van der Waals surface area contributed by atoms with Crippen LogP contribution in [0.15, 0.2) is 34.9 Å². The van der Waals surface area contributed by atoms with E-state index in [0.717, 1.165) is 0 Å². The highest BCUT2D eigenvalue weighted by Gasteiger charge is 2.22. The van der Waals surface area contributed by atoms with Gasteiger partial charge in [0, 0.05) is 13.2 Å². The molecule has 0 aliphatic rings. The molecule has 0 saturated heterocycles. The number of furan rings is 1. The van der Waals surface area contributed by atoms with E-state index >= 15 is 0 Å². The molecule has 0 N–H and O–H groups in total. The molecule has 0 saturated carbocycles. The highest BCUT2D eigenvalue weighted by atomic mass is 16.6. The third-order valence-electron chi connectivity index (χ3n) is 3.99. The molecule has 3 aromatic heterocycles. The number of carbonyl (C=O) groups excluding carboxylic acids is 1. The van der Waals surface area contributed by atoms with Crippen molar-refractivity contribution in [2.45, 2.75) is 20.4 Å². The standard InChI is InChI=1S/C17H17N5O4/c1-11-17(22(24)25)12(2)21(19-11)10-14-5-4-13(26-14)6-7-16(23)15-8-9-18-20(15)3/h4-9H,10H2,1-3H3/b7-6+. The zero-order valence-corrected chi connectivity index (χ0v) is 14.5. The van der Waals surface area contributed by atoms with Crippen LogP contribution in [0.2, 0.25) is 0 Å². The number of allylic oxidation sites excluding steroid dienone is 1. The lowest BCUT2D eigenvalue weighted by Gasteiger charge is -2.00. The summed E-state index contributed by atoms with van der Waals surface area (Å²) in [5.74, 6) is 0.904. The maximum atomic E-state index is 12.1. The van der Waals surface area contributed by atoms with Crippen LogP contribution in [0.1, 0.15) is 33.4 Å². The number of aryl methyl sites for hydroxylation is 2. The third kappa shape index (κ3) is 3.32. The number of nitro groups is 1. The summed E-state index contributed by atoms with van der Waals surface area (Å²) in [6.45, 7) is 3.51. The Bertz CT molecular complexity index is 1010. The molecule has 134 valence electrons. The number of rotatable bonds is 6. The van der Waals surface area contributed by atoms with Crippen molar-refractivity contribution < 1.29 is 14.1 Å². The van der Waals surface area contributed by atoms with Gasteiger partial charge in [0.2, 0.25) is 5.78 Å². The Balaban J connectivity index is 1.74. The summed E-state index contributed by atoms with van der Waals surface area (Å²) in [6, 6.07) is 5.11. The molecule has 0 unspecified atom stereocenters. The van der Waals surface area contributed by atoms with E-state index in [9.17, 15) is 14.9 Å². The van der Waals surface area contributed by atoms with Gasteiger partial charge in [-0.3, -0.25) is 24.3 Å². The number of ketones is 1. The SMILES string of the molecule is Cc1nn(Cc2ccc(/C=C/C(=O)c3ccnn3C)o2)c(C)c1[N+](=O)[O-]. The van der Waals surface area contributed by atoms with E-state index in [1.807, 2.05) is 0 Å². The normalized spacial score (nSPS) is 11.3. The lowest BCUT2D eigenvalue weighted by atomic mass is 10.2. The maximum Gasteiger partial charge on any atom is 0.312 e. The average Bonchev–Trinajstić information content (AvgIpc) is 3.26. The van der Waals surface area contributed by atoms with Crippen molar-refractivity contribution in [3.8, 4) is 0 Å². The Morgan fingerprint density at radius 1 is 1.35 bits per heavy atom. The first kappa shape index (κ1) is 17.3. The fraction of sp³-hybridized carbons (Fsp3) is 0.235. The van der Waals surface area contributed by atoms with Gasteiger partial charge in [-0.2, -0.15) is 10.2 Å². The van der Waals surface area contributed by atoms with Gasteiger partial charge in [0.1, 0.15) is 28.6 Å². The van der Waals surface area contributed by atoms with Gasteiger partial charge in [-0.1, -0.05) is 0 Å². The Morgan fingerprint density at radius 3 is 2.73 bits per heavy atom. The van der Waals surface area contributed by atoms with Gasteiger partial charge in [-0.05, 0) is 44.2 Å². The fourth-order valence-corrected chi connectivity index (χ4v) is 2.68. The lowest BCUT2D eigenvalue weighted by Crippen LogP contribution is -2.03. The molecule has 0 aliphatic heterocycles. The fourth-order valence-electron chi connectivity index (χ4n) is 2.68. The highest BCUT2D eigenvalue weighted by molar-refractivity contribution is 6.05. The second kappa shape index (κ2) is 6.79. The monoisotopic (exact) mass is 355 g/mol. The molecular weight excluding hydrogens is 338 g/mol. The number of hydrogen-bond donors (Lipinski definition) is 0. The molecule has 9 nitrogen and oxygen atoms in total. The lowest BCUT2D eigenvalue weighted by molar-refractivity contribution is -0.386. The minimum Gasteiger partial charge on any atom is -0.460 e. The summed E-state index contributed by atoms with van der Waals surface area (Å²) in [4.78, 5) is 22.7. The van der Waals surface area contributed by atoms with Crippen molar-refractivity contribution in [2.75, 3.05) is 0 Å². The summed E-state index contributed by atoms with van der Waals surface area (Å²) >= 11 is 0. The average molecular weight is 355 g/mol. The van der Waals surface area contributed by atoms with Crippen molar-refractivity contribution >= 4 is 17.5 Å². The molecule has 0 aliphatic carbocycles. The van der Waals surface area contributed by atoms with E-state index in [1.54, 1.807) is 51.4 Å². The molecule has 3 heterocycles. The van der Waals surface area contributed by atoms with Gasteiger partial charge in [-0.25, -0.2) is 0 Å². The van der Waals surface area contributed by atoms with Crippen molar-refractivity contribution in [1.82, 2.24) is 19.6 Å². The number of hydrogen-bond acceptors (Lipinski definition) is 6. The highest BCUT2D eigenvalue weighted by Crippen LogP contribution is 2.23. The van der Waals surface area contributed by atoms with Crippen LogP contribution in [0.4, 0.5) is 5.69 Å². The summed E-state index contributed by atoms with van der Waals surface area (Å²) in [5.41, 5.74) is 1.31. The predicted molar refractivity (Wildman–Crippen MR) is 92.7 cm³/mol. The number of nitrogens with zero attached hydrogens (tertiary/aromatic N) is 5. The molecule has 0 fully saturated rings. The molecule has 0 amide bonds. The Hall–Kier alpha value is -3.49. The zero-order chi connectivity index (χ0) is 18.8. The molecule has 0 bridgehead atoms. The van der Waals surface area contributed by atoms with E-state index in [1.165, 1.54) is 15.4 Å². The van der Waals surface area contributed by atoms with Crippen molar-refractivity contribution in [1.29, 1.82) is 0 Å². The molecule has 0 aromatic carbocycles. The second-order valence-electron chi connectivity index (χ2n) is 5.78. The smallest absolute Gasteiger partial charge is 0.312 e. The largest absolute Gasteiger partial charge is 0.460 e. The Morgan fingerprint density at radius 2 is 2.12 bits per heavy atom. The quantitative estimate of drug-likeness (QED) is 0.291. The molecule has 0 radical (unpaired) electrons. The van der Waals surface area contributed by atoms with Gasteiger partial charge in [0.15, 0.2) is 0 Å². The van der Waals surface area contributed by atoms with Crippen molar-refractivity contribution in [3.63, 3.8) is 0 Å². The van der Waals surface area contributed by atoms with E-state index in [0.29, 0.717) is 28.6 Å². The van der Waals surface area contributed by atoms with Crippen LogP contribution >= 0.6 is 0 Å². The summed E-state index contributed by atoms with van der Waals surface area (Å²) in [5, 5.41) is 19.2. The summed E-state index contributed by atoms with van der Waals surface area (Å²) < 4.78 is 8.68. The van der Waals surface area contributed by atoms with Gasteiger partial charge in [0.25, 0.3) is 0 Å². The van der Waals surface area contributed by atoms with Crippen LogP contribution in [0.25, 0.3) is 6.08 Å². The van der Waals surface area contributed by atoms with E-state index in [2.05, 4.69) is 10.2 Å². The number of carbonyl (C=O) groups is 1. The van der Waals surface area contributed by atoms with E-state index in [4.69, 9.17) is 4.42 Å². The van der Waals surface area contributed by atoms with E-state index in [-0.39, 0.29) is 18.0 Å². The zero-order valence-electron chi connectivity index (χ0n) is 14.5. The summed E-state index contributed by atoms with van der Waals surface area (Å²) in [6.07, 6.45) is 4.54. The van der Waals surface area contributed by atoms with Crippen molar-refractivity contribution in [3.05, 3.63) is 69.2 Å². The third-order valence-corrected chi connectivity index (χ3v) is 3.99. The van der Waals surface area contributed by atoms with Gasteiger partial charge in [0.05, 0.1) is 11.5 Å². The molecule has 0 spiro atoms. The molecule has 26 heavy (non-hydrogen) atoms. The molecule has 0 atom stereocenters. The molecule has 3 rings (SSSR count). The first-order valence-corrected chi connectivity index (χ1v) is 7.84. The molecular formula is C17H17N5O4. The van der Waals surface area contributed by atoms with Crippen LogP contribution in [0.5, 0.6) is 0 Å². The predicted octanol–water partition coefficient (Wildman–Crippen LogP) is 2.68. The van der Waals surface area contributed by atoms with Gasteiger partial charge in [-0.15, -0.1) is 0 Å². The van der Waals surface area contributed by atoms with Crippen LogP contribution in [-0.2, 0) is 13.6 Å². The van der Waals surface area contributed by atoms with Crippen LogP contribution < -0.4 is 0 Å². The van der Waals surface area contributed by atoms with Crippen LogP contribution in [0, 0.1) is 24.0 Å². The van der Waals surface area contributed by atoms with Gasteiger partial charge < -0.3 is 4.42 Å². The molecule has 3 aromatic rings. The van der Waals surface area contributed by atoms with Crippen LogP contribution in [0.3, 0.4) is 0 Å². The second-order valence-corrected chi connectivity index (χ2v) is 5.78.